The van der Waals surface area contributed by atoms with E-state index in [1.807, 2.05) is 84.9 Å². The fourth-order valence-electron chi connectivity index (χ4n) is 3.11. The van der Waals surface area contributed by atoms with E-state index in [4.69, 9.17) is 0 Å². The van der Waals surface area contributed by atoms with Gasteiger partial charge in [0.25, 0.3) is 5.91 Å². The summed E-state index contributed by atoms with van der Waals surface area (Å²) in [6.45, 7) is 0. The summed E-state index contributed by atoms with van der Waals surface area (Å²) < 4.78 is 0. The maximum absolute atomic E-state index is 12.9. The summed E-state index contributed by atoms with van der Waals surface area (Å²) in [4.78, 5) is 12.9. The molecule has 0 radical (unpaired) electrons. The molecule has 1 fully saturated rings. The molecule has 0 atom stereocenters. The van der Waals surface area contributed by atoms with Crippen molar-refractivity contribution in [2.45, 2.75) is 12.2 Å². The molecule has 6 heteroatoms. The topological polar surface area (TPSA) is 77.2 Å². The van der Waals surface area contributed by atoms with Crippen molar-refractivity contribution < 1.29 is 4.79 Å². The molecule has 0 aromatic heterocycles. The van der Waals surface area contributed by atoms with E-state index in [1.54, 1.807) is 0 Å². The Labute approximate surface area is 157 Å². The molecule has 3 aromatic carbocycles. The van der Waals surface area contributed by atoms with Gasteiger partial charge in [-0.1, -0.05) is 72.8 Å². The molecule has 6 nitrogen and oxygen atoms in total. The minimum absolute atomic E-state index is 0.0523. The monoisotopic (exact) mass is 359 g/mol. The van der Waals surface area contributed by atoms with Crippen LogP contribution < -0.4 is 27.2 Å². The van der Waals surface area contributed by atoms with Gasteiger partial charge in [-0.05, 0) is 28.8 Å². The first-order chi connectivity index (χ1) is 13.3. The Balaban J connectivity index is 1.55. The highest BCUT2D eigenvalue weighted by Crippen LogP contribution is 2.22. The highest BCUT2D eigenvalue weighted by Gasteiger charge is 2.19. The Kier molecular flexibility index (Phi) is 5.22. The second-order valence-corrected chi connectivity index (χ2v) is 6.32. The quantitative estimate of drug-likeness (QED) is 0.483. The number of hydrazine groups is 3. The molecule has 4 rings (SSSR count). The zero-order chi connectivity index (χ0) is 18.5. The van der Waals surface area contributed by atoms with Gasteiger partial charge in [0.2, 0.25) is 0 Å². The molecule has 0 unspecified atom stereocenters. The number of benzene rings is 3. The molecular weight excluding hydrogens is 338 g/mol. The Bertz CT molecular complexity index is 838. The average molecular weight is 359 g/mol. The van der Waals surface area contributed by atoms with Crippen molar-refractivity contribution in [3.63, 3.8) is 0 Å². The highest BCUT2D eigenvalue weighted by atomic mass is 16.1. The summed E-state index contributed by atoms with van der Waals surface area (Å²) in [7, 11) is 0. The molecule has 1 aliphatic heterocycles. The normalized spacial score (nSPS) is 14.4. The Morgan fingerprint density at radius 2 is 1.26 bits per heavy atom. The molecule has 0 bridgehead atoms. The first kappa shape index (κ1) is 17.4. The van der Waals surface area contributed by atoms with Crippen LogP contribution in [0, 0.1) is 0 Å². The summed E-state index contributed by atoms with van der Waals surface area (Å²) in [6.07, 6.45) is -0.0523. The van der Waals surface area contributed by atoms with Crippen molar-refractivity contribution in [1.29, 1.82) is 0 Å². The minimum Gasteiger partial charge on any atom is -0.341 e. The molecule has 1 saturated heterocycles. The predicted molar refractivity (Wildman–Crippen MR) is 104 cm³/mol. The molecule has 1 aliphatic rings. The van der Waals surface area contributed by atoms with Crippen molar-refractivity contribution in [3.8, 4) is 0 Å². The largest absolute Gasteiger partial charge is 0.341 e. The number of carbonyl (C=O) groups is 1. The van der Waals surface area contributed by atoms with E-state index >= 15 is 0 Å². The molecule has 0 aliphatic carbocycles. The summed E-state index contributed by atoms with van der Waals surface area (Å²) >= 11 is 0. The van der Waals surface area contributed by atoms with Gasteiger partial charge in [0.05, 0.1) is 6.04 Å². The second-order valence-electron chi connectivity index (χ2n) is 6.32. The lowest BCUT2D eigenvalue weighted by molar-refractivity contribution is 0.0943. The van der Waals surface area contributed by atoms with E-state index in [0.29, 0.717) is 5.56 Å². The molecule has 0 saturated carbocycles. The van der Waals surface area contributed by atoms with Crippen LogP contribution in [0.4, 0.5) is 0 Å². The maximum atomic E-state index is 12.9. The second kappa shape index (κ2) is 8.11. The van der Waals surface area contributed by atoms with E-state index in [2.05, 4.69) is 27.2 Å². The van der Waals surface area contributed by atoms with E-state index in [0.717, 1.165) is 16.7 Å². The maximum Gasteiger partial charge on any atom is 0.252 e. The van der Waals surface area contributed by atoms with Crippen molar-refractivity contribution in [3.05, 3.63) is 107 Å². The molecule has 3 aromatic rings. The van der Waals surface area contributed by atoms with Crippen LogP contribution in [-0.2, 0) is 0 Å². The first-order valence-electron chi connectivity index (χ1n) is 8.83. The Morgan fingerprint density at radius 3 is 1.78 bits per heavy atom. The minimum atomic E-state index is -0.203. The van der Waals surface area contributed by atoms with Crippen LogP contribution in [0.25, 0.3) is 0 Å². The first-order valence-corrected chi connectivity index (χ1v) is 8.83. The van der Waals surface area contributed by atoms with Gasteiger partial charge in [-0.25, -0.2) is 10.9 Å². The lowest BCUT2D eigenvalue weighted by Gasteiger charge is -2.20. The zero-order valence-electron chi connectivity index (χ0n) is 14.6. The van der Waals surface area contributed by atoms with Crippen LogP contribution in [-0.4, -0.2) is 5.91 Å². The van der Waals surface area contributed by atoms with Crippen LogP contribution in [0.15, 0.2) is 84.9 Å². The van der Waals surface area contributed by atoms with E-state index < -0.39 is 0 Å². The summed E-state index contributed by atoms with van der Waals surface area (Å²) in [6, 6.07) is 27.3. The molecule has 1 heterocycles. The standard InChI is InChI=1S/C21H21N5O/c27-21(18-13-11-17(12-14-18)20-23-25-26-24-20)22-19(15-7-3-1-4-8-15)16-9-5-2-6-10-16/h1-14,19-20,23-26H,(H,22,27). The SMILES string of the molecule is O=C(NC(c1ccccc1)c1ccccc1)c1ccc(C2NNNN2)cc1. The van der Waals surface area contributed by atoms with E-state index in [-0.39, 0.29) is 18.1 Å². The lowest BCUT2D eigenvalue weighted by atomic mass is 9.98. The van der Waals surface area contributed by atoms with Crippen LogP contribution in [0.1, 0.15) is 39.3 Å². The molecule has 27 heavy (non-hydrogen) atoms. The summed E-state index contributed by atoms with van der Waals surface area (Å²) in [5, 5.41) is 3.16. The van der Waals surface area contributed by atoms with E-state index in [9.17, 15) is 4.79 Å². The number of nitrogens with one attached hydrogen (secondary N) is 5. The molecule has 136 valence electrons. The van der Waals surface area contributed by atoms with E-state index in [1.165, 1.54) is 0 Å². The summed E-state index contributed by atoms with van der Waals surface area (Å²) in [5.74, 6) is -0.108. The van der Waals surface area contributed by atoms with Gasteiger partial charge in [0, 0.05) is 5.56 Å². The fraction of sp³-hybridized carbons (Fsp3) is 0.0952. The van der Waals surface area contributed by atoms with Crippen LogP contribution >= 0.6 is 0 Å². The fourth-order valence-corrected chi connectivity index (χ4v) is 3.11. The van der Waals surface area contributed by atoms with Crippen LogP contribution in [0.3, 0.4) is 0 Å². The van der Waals surface area contributed by atoms with Gasteiger partial charge >= 0.3 is 0 Å². The third kappa shape index (κ3) is 4.05. The average Bonchev–Trinajstić information content (AvgIpc) is 3.28. The highest BCUT2D eigenvalue weighted by molar-refractivity contribution is 5.94. The number of amides is 1. The predicted octanol–water partition coefficient (Wildman–Crippen LogP) is 2.32. The van der Waals surface area contributed by atoms with Crippen LogP contribution in [0.5, 0.6) is 0 Å². The Morgan fingerprint density at radius 1 is 0.741 bits per heavy atom. The van der Waals surface area contributed by atoms with Gasteiger partial charge in [-0.2, -0.15) is 11.1 Å². The number of carbonyl (C=O) groups excluding carboxylic acids is 1. The van der Waals surface area contributed by atoms with Gasteiger partial charge in [0.1, 0.15) is 6.17 Å². The molecule has 1 amide bonds. The van der Waals surface area contributed by atoms with Crippen molar-refractivity contribution in [2.75, 3.05) is 0 Å². The zero-order valence-corrected chi connectivity index (χ0v) is 14.6. The van der Waals surface area contributed by atoms with Gasteiger partial charge in [-0.15, -0.1) is 0 Å². The van der Waals surface area contributed by atoms with Crippen molar-refractivity contribution in [2.24, 2.45) is 0 Å². The third-order valence-electron chi connectivity index (χ3n) is 4.54. The number of rotatable bonds is 5. The Hall–Kier alpha value is -3.03. The van der Waals surface area contributed by atoms with Crippen molar-refractivity contribution in [1.82, 2.24) is 27.2 Å². The molecule has 0 spiro atoms. The van der Waals surface area contributed by atoms with Crippen LogP contribution in [0.2, 0.25) is 0 Å². The number of hydrogen-bond acceptors (Lipinski definition) is 5. The lowest BCUT2D eigenvalue weighted by Crippen LogP contribution is -2.33. The molecule has 5 N–H and O–H groups in total. The van der Waals surface area contributed by atoms with Crippen molar-refractivity contribution >= 4 is 5.91 Å². The third-order valence-corrected chi connectivity index (χ3v) is 4.54. The smallest absolute Gasteiger partial charge is 0.252 e. The van der Waals surface area contributed by atoms with Gasteiger partial charge in [-0.3, -0.25) is 4.79 Å². The van der Waals surface area contributed by atoms with Gasteiger partial charge < -0.3 is 5.32 Å². The van der Waals surface area contributed by atoms with Gasteiger partial charge in [0.15, 0.2) is 0 Å². The molecular formula is C21H21N5O. The number of hydrogen-bond donors (Lipinski definition) is 5. The summed E-state index contributed by atoms with van der Waals surface area (Å²) in [5.41, 5.74) is 15.3.